The van der Waals surface area contributed by atoms with Crippen LogP contribution < -0.4 is 14.8 Å². The van der Waals surface area contributed by atoms with Crippen LogP contribution in [-0.4, -0.2) is 35.3 Å². The maximum absolute atomic E-state index is 13.8. The molecule has 1 unspecified atom stereocenters. The lowest BCUT2D eigenvalue weighted by Gasteiger charge is -2.21. The van der Waals surface area contributed by atoms with E-state index < -0.39 is 26.7 Å². The molecule has 0 heterocycles. The fraction of sp³-hybridized carbons (Fsp3) is 0.455. The smallest absolute Gasteiger partial charge is 0.417 e. The Morgan fingerprint density at radius 2 is 1.81 bits per heavy atom. The number of hydrogen-bond acceptors (Lipinski definition) is 5. The highest BCUT2D eigenvalue weighted by Crippen LogP contribution is 2.38. The van der Waals surface area contributed by atoms with Gasteiger partial charge in [0.1, 0.15) is 5.75 Å². The molecule has 0 bridgehead atoms. The first-order chi connectivity index (χ1) is 15.1. The second kappa shape index (κ2) is 9.68. The highest BCUT2D eigenvalue weighted by atomic mass is 32.2. The largest absolute Gasteiger partial charge is 0.496 e. The summed E-state index contributed by atoms with van der Waals surface area (Å²) in [7, 11) is -1.42. The Kier molecular flexibility index (Phi) is 7.36. The normalized spacial score (nSPS) is 16.4. The molecule has 2 N–H and O–H groups in total. The van der Waals surface area contributed by atoms with Gasteiger partial charge in [-0.1, -0.05) is 18.2 Å². The molecular weight excluding hydrogens is 445 g/mol. The molecular formula is C22H27F3N2O4S. The van der Waals surface area contributed by atoms with Crippen molar-refractivity contribution < 1.29 is 31.1 Å². The number of para-hydroxylation sites is 1. The maximum atomic E-state index is 13.8. The summed E-state index contributed by atoms with van der Waals surface area (Å²) in [6.45, 7) is 1.70. The molecule has 176 valence electrons. The summed E-state index contributed by atoms with van der Waals surface area (Å²) < 4.78 is 79.6. The van der Waals surface area contributed by atoms with E-state index in [0.717, 1.165) is 30.5 Å². The predicted molar refractivity (Wildman–Crippen MR) is 115 cm³/mol. The van der Waals surface area contributed by atoms with Crippen molar-refractivity contribution in [1.29, 1.82) is 0 Å². The van der Waals surface area contributed by atoms with E-state index in [4.69, 9.17) is 9.47 Å². The Balaban J connectivity index is 1.85. The van der Waals surface area contributed by atoms with Crippen LogP contribution in [0.25, 0.3) is 0 Å². The summed E-state index contributed by atoms with van der Waals surface area (Å²) in [6, 6.07) is 9.88. The Labute approximate surface area is 186 Å². The van der Waals surface area contributed by atoms with Gasteiger partial charge in [-0.25, -0.2) is 13.1 Å². The molecule has 0 saturated heterocycles. The summed E-state index contributed by atoms with van der Waals surface area (Å²) >= 11 is 0. The number of ether oxygens (including phenoxy) is 2. The summed E-state index contributed by atoms with van der Waals surface area (Å²) in [5, 5.41) is 2.99. The van der Waals surface area contributed by atoms with Crippen molar-refractivity contribution in [1.82, 2.24) is 4.72 Å². The second-order valence-corrected chi connectivity index (χ2v) is 9.52. The van der Waals surface area contributed by atoms with Crippen LogP contribution in [0.3, 0.4) is 0 Å². The van der Waals surface area contributed by atoms with Crippen molar-refractivity contribution in [3.63, 3.8) is 0 Å². The van der Waals surface area contributed by atoms with Gasteiger partial charge < -0.3 is 14.8 Å². The first-order valence-corrected chi connectivity index (χ1v) is 11.7. The van der Waals surface area contributed by atoms with Gasteiger partial charge in [0.05, 0.1) is 29.7 Å². The molecule has 32 heavy (non-hydrogen) atoms. The van der Waals surface area contributed by atoms with Crippen LogP contribution in [-0.2, 0) is 20.9 Å². The highest BCUT2D eigenvalue weighted by Gasteiger charge is 2.38. The maximum Gasteiger partial charge on any atom is 0.417 e. The third-order valence-corrected chi connectivity index (χ3v) is 6.97. The Hall–Kier alpha value is -2.30. The molecule has 1 fully saturated rings. The number of nitrogens with one attached hydrogen (secondary N) is 2. The zero-order valence-corrected chi connectivity index (χ0v) is 18.9. The summed E-state index contributed by atoms with van der Waals surface area (Å²) in [5.74, 6) is 0.822. The van der Waals surface area contributed by atoms with Crippen molar-refractivity contribution in [2.75, 3.05) is 26.1 Å². The van der Waals surface area contributed by atoms with E-state index >= 15 is 0 Å². The fourth-order valence-electron chi connectivity index (χ4n) is 3.61. The minimum absolute atomic E-state index is 0.0777. The first kappa shape index (κ1) is 24.3. The van der Waals surface area contributed by atoms with Crippen LogP contribution in [0.5, 0.6) is 5.75 Å². The van der Waals surface area contributed by atoms with Crippen molar-refractivity contribution in [2.24, 2.45) is 5.92 Å². The molecule has 3 rings (SSSR count). The summed E-state index contributed by atoms with van der Waals surface area (Å²) in [6.07, 6.45) is -3.38. The van der Waals surface area contributed by atoms with E-state index in [-0.39, 0.29) is 30.3 Å². The lowest BCUT2D eigenvalue weighted by atomic mass is 10.1. The van der Waals surface area contributed by atoms with Crippen LogP contribution in [0.15, 0.2) is 47.4 Å². The number of rotatable bonds is 10. The molecule has 0 amide bonds. The number of halogens is 3. The lowest BCUT2D eigenvalue weighted by Crippen LogP contribution is -2.35. The van der Waals surface area contributed by atoms with Crippen molar-refractivity contribution in [3.8, 4) is 5.75 Å². The average molecular weight is 473 g/mol. The predicted octanol–water partition coefficient (Wildman–Crippen LogP) is 4.59. The molecule has 2 atom stereocenters. The SMILES string of the molecule is COc1ccccc1[C@H](C)Nc1ccc(S(=O)(=O)NCC(OC)C2CC2)c(C(F)(F)F)c1. The molecule has 0 aliphatic heterocycles. The van der Waals surface area contributed by atoms with E-state index in [9.17, 15) is 21.6 Å². The fourth-order valence-corrected chi connectivity index (χ4v) is 4.86. The monoisotopic (exact) mass is 472 g/mol. The molecule has 6 nitrogen and oxygen atoms in total. The summed E-state index contributed by atoms with van der Waals surface area (Å²) in [5.41, 5.74) is -0.336. The third kappa shape index (κ3) is 5.73. The van der Waals surface area contributed by atoms with Gasteiger partial charge >= 0.3 is 6.18 Å². The topological polar surface area (TPSA) is 76.7 Å². The molecule has 0 radical (unpaired) electrons. The van der Waals surface area contributed by atoms with Crippen LogP contribution >= 0.6 is 0 Å². The zero-order chi connectivity index (χ0) is 23.5. The van der Waals surface area contributed by atoms with Crippen molar-refractivity contribution in [3.05, 3.63) is 53.6 Å². The quantitative estimate of drug-likeness (QED) is 0.529. The molecule has 0 spiro atoms. The van der Waals surface area contributed by atoms with Crippen LogP contribution in [0.1, 0.15) is 36.9 Å². The van der Waals surface area contributed by atoms with Crippen LogP contribution in [0.2, 0.25) is 0 Å². The second-order valence-electron chi connectivity index (χ2n) is 7.78. The number of hydrogen-bond donors (Lipinski definition) is 2. The number of methoxy groups -OCH3 is 2. The minimum atomic E-state index is -4.85. The van der Waals surface area contributed by atoms with E-state index in [1.807, 2.05) is 0 Å². The molecule has 2 aromatic carbocycles. The van der Waals surface area contributed by atoms with Crippen LogP contribution in [0, 0.1) is 5.92 Å². The Bertz CT molecular complexity index is 1040. The van der Waals surface area contributed by atoms with E-state index in [1.165, 1.54) is 20.3 Å². The molecule has 0 aromatic heterocycles. The minimum Gasteiger partial charge on any atom is -0.496 e. The first-order valence-electron chi connectivity index (χ1n) is 10.2. The van der Waals surface area contributed by atoms with E-state index in [0.29, 0.717) is 5.75 Å². The van der Waals surface area contributed by atoms with Gasteiger partial charge in [-0.05, 0) is 49.9 Å². The van der Waals surface area contributed by atoms with Crippen LogP contribution in [0.4, 0.5) is 18.9 Å². The highest BCUT2D eigenvalue weighted by molar-refractivity contribution is 7.89. The average Bonchev–Trinajstić information content (AvgIpc) is 3.58. The molecule has 10 heteroatoms. The van der Waals surface area contributed by atoms with Gasteiger partial charge in [0.2, 0.25) is 10.0 Å². The standard InChI is InChI=1S/C22H27F3N2O4S/c1-14(17-6-4-5-7-19(17)30-2)27-16-10-11-21(18(12-16)22(23,24)25)32(28,29)26-13-20(31-3)15-8-9-15/h4-7,10-12,14-15,20,26-27H,8-9,13H2,1-3H3/t14-,20?/m0/s1. The van der Waals surface area contributed by atoms with Gasteiger partial charge in [-0.2, -0.15) is 13.2 Å². The van der Waals surface area contributed by atoms with E-state index in [1.54, 1.807) is 31.2 Å². The Morgan fingerprint density at radius 1 is 1.12 bits per heavy atom. The zero-order valence-electron chi connectivity index (χ0n) is 18.1. The number of sulfonamides is 1. The van der Waals surface area contributed by atoms with Crippen molar-refractivity contribution >= 4 is 15.7 Å². The summed E-state index contributed by atoms with van der Waals surface area (Å²) in [4.78, 5) is -0.814. The van der Waals surface area contributed by atoms with Gasteiger partial charge in [0.25, 0.3) is 0 Å². The lowest BCUT2D eigenvalue weighted by molar-refractivity contribution is -0.139. The third-order valence-electron chi connectivity index (χ3n) is 5.49. The van der Waals surface area contributed by atoms with Crippen molar-refractivity contribution in [2.45, 2.75) is 43.0 Å². The van der Waals surface area contributed by atoms with Gasteiger partial charge in [-0.15, -0.1) is 0 Å². The number of benzene rings is 2. The van der Waals surface area contributed by atoms with Gasteiger partial charge in [0, 0.05) is 24.9 Å². The Morgan fingerprint density at radius 3 is 2.41 bits per heavy atom. The van der Waals surface area contributed by atoms with Gasteiger partial charge in [-0.3, -0.25) is 0 Å². The molecule has 1 aliphatic carbocycles. The molecule has 1 saturated carbocycles. The molecule has 1 aliphatic rings. The van der Waals surface area contributed by atoms with E-state index in [2.05, 4.69) is 10.0 Å². The number of anilines is 1. The molecule has 2 aromatic rings. The van der Waals surface area contributed by atoms with Gasteiger partial charge in [0.15, 0.2) is 0 Å². The number of alkyl halides is 3.